The van der Waals surface area contributed by atoms with E-state index in [2.05, 4.69) is 15.9 Å². The maximum Gasteiger partial charge on any atom is 0.199 e. The molecule has 0 radical (unpaired) electrons. The van der Waals surface area contributed by atoms with Crippen molar-refractivity contribution in [2.45, 2.75) is 5.60 Å². The number of ether oxygens (including phenoxy) is 2. The summed E-state index contributed by atoms with van der Waals surface area (Å²) in [6.45, 7) is -1.04. The fraction of sp³-hybridized carbons (Fsp3) is 0.200. The molecule has 0 saturated carbocycles. The number of alkyl halides is 1. The van der Waals surface area contributed by atoms with Gasteiger partial charge in [0.1, 0.15) is 19.1 Å². The van der Waals surface area contributed by atoms with Gasteiger partial charge in [0.25, 0.3) is 0 Å². The minimum atomic E-state index is -1.52. The summed E-state index contributed by atoms with van der Waals surface area (Å²) in [5.74, 6) is 0.220. The monoisotopic (exact) mass is 374 g/mol. The van der Waals surface area contributed by atoms with Crippen molar-refractivity contribution >= 4 is 27.5 Å². The number of para-hydroxylation sites is 1. The molecule has 21 heavy (non-hydrogen) atoms. The Kier molecular flexibility index (Phi) is 3.80. The highest BCUT2D eigenvalue weighted by Gasteiger charge is 2.43. The fourth-order valence-electron chi connectivity index (χ4n) is 2.25. The molecule has 1 aliphatic rings. The van der Waals surface area contributed by atoms with Crippen molar-refractivity contribution in [3.8, 4) is 11.5 Å². The van der Waals surface area contributed by atoms with Crippen LogP contribution in [0.4, 0.5) is 8.78 Å². The second-order valence-electron chi connectivity index (χ2n) is 4.71. The Hall–Kier alpha value is -1.33. The van der Waals surface area contributed by atoms with Crippen molar-refractivity contribution in [3.05, 3.63) is 57.3 Å². The van der Waals surface area contributed by atoms with Crippen LogP contribution in [-0.4, -0.2) is 13.3 Å². The van der Waals surface area contributed by atoms with E-state index in [4.69, 9.17) is 21.1 Å². The molecule has 110 valence electrons. The number of hydrogen-bond donors (Lipinski definition) is 0. The first-order valence-corrected chi connectivity index (χ1v) is 7.35. The van der Waals surface area contributed by atoms with Gasteiger partial charge >= 0.3 is 0 Å². The molecular weight excluding hydrogens is 366 g/mol. The SMILES string of the molecule is FCC1(c2ccc(Cl)cc2F)COc2cccc(Br)c2O1. The number of hydrogen-bond acceptors (Lipinski definition) is 2. The number of benzene rings is 2. The highest BCUT2D eigenvalue weighted by molar-refractivity contribution is 9.10. The van der Waals surface area contributed by atoms with Gasteiger partial charge in [-0.3, -0.25) is 0 Å². The van der Waals surface area contributed by atoms with Gasteiger partial charge < -0.3 is 9.47 Å². The molecule has 0 spiro atoms. The normalized spacial score (nSPS) is 20.4. The van der Waals surface area contributed by atoms with Gasteiger partial charge in [-0.1, -0.05) is 23.7 Å². The summed E-state index contributed by atoms with van der Waals surface area (Å²) in [4.78, 5) is 0. The van der Waals surface area contributed by atoms with E-state index in [-0.39, 0.29) is 17.2 Å². The van der Waals surface area contributed by atoms with Crippen LogP contribution in [0.1, 0.15) is 5.56 Å². The molecular formula is C15H10BrClF2O2. The van der Waals surface area contributed by atoms with Gasteiger partial charge in [0.2, 0.25) is 0 Å². The number of halogens is 4. The molecule has 0 saturated heterocycles. The molecule has 0 aliphatic carbocycles. The average Bonchev–Trinajstić information content (AvgIpc) is 2.47. The summed E-state index contributed by atoms with van der Waals surface area (Å²) in [5.41, 5.74) is -1.44. The van der Waals surface area contributed by atoms with Crippen molar-refractivity contribution in [1.29, 1.82) is 0 Å². The Bertz CT molecular complexity index is 695. The van der Waals surface area contributed by atoms with E-state index in [0.29, 0.717) is 16.0 Å². The first-order valence-electron chi connectivity index (χ1n) is 6.17. The van der Waals surface area contributed by atoms with Crippen LogP contribution < -0.4 is 9.47 Å². The molecule has 1 heterocycles. The molecule has 6 heteroatoms. The van der Waals surface area contributed by atoms with E-state index in [1.165, 1.54) is 12.1 Å². The zero-order valence-corrected chi connectivity index (χ0v) is 13.0. The first-order chi connectivity index (χ1) is 10.1. The molecule has 0 amide bonds. The minimum Gasteiger partial charge on any atom is -0.485 e. The molecule has 1 unspecified atom stereocenters. The van der Waals surface area contributed by atoms with Gasteiger partial charge in [-0.25, -0.2) is 8.78 Å². The molecule has 0 N–H and O–H groups in total. The van der Waals surface area contributed by atoms with E-state index in [1.54, 1.807) is 18.2 Å². The second kappa shape index (κ2) is 5.46. The predicted octanol–water partition coefficient (Wildman–Crippen LogP) is 4.88. The van der Waals surface area contributed by atoms with Gasteiger partial charge in [-0.05, 0) is 40.2 Å². The summed E-state index contributed by atoms with van der Waals surface area (Å²) in [7, 11) is 0. The number of fused-ring (bicyclic) bond motifs is 1. The number of rotatable bonds is 2. The molecule has 0 bridgehead atoms. The third kappa shape index (κ3) is 2.49. The lowest BCUT2D eigenvalue weighted by molar-refractivity contribution is -0.0337. The van der Waals surface area contributed by atoms with Gasteiger partial charge in [-0.15, -0.1) is 0 Å². The standard InChI is InChI=1S/C15H10BrClF2O2/c16-11-2-1-3-13-14(11)21-15(7-18,8-20-13)10-5-4-9(17)6-12(10)19/h1-6H,7-8H2. The zero-order valence-electron chi connectivity index (χ0n) is 10.7. The molecule has 2 aromatic carbocycles. The third-order valence-electron chi connectivity index (χ3n) is 3.33. The van der Waals surface area contributed by atoms with Crippen LogP contribution in [0.3, 0.4) is 0 Å². The van der Waals surface area contributed by atoms with Gasteiger partial charge in [0, 0.05) is 10.6 Å². The minimum absolute atomic E-state index is 0.0794. The average molecular weight is 376 g/mol. The molecule has 0 aromatic heterocycles. The maximum absolute atomic E-state index is 14.1. The Labute approximate surface area is 133 Å². The lowest BCUT2D eigenvalue weighted by Crippen LogP contribution is -2.45. The highest BCUT2D eigenvalue weighted by atomic mass is 79.9. The molecule has 3 rings (SSSR count). The van der Waals surface area contributed by atoms with E-state index in [1.807, 2.05) is 0 Å². The molecule has 1 aliphatic heterocycles. The topological polar surface area (TPSA) is 18.5 Å². The Morgan fingerprint density at radius 1 is 1.29 bits per heavy atom. The van der Waals surface area contributed by atoms with Crippen molar-refractivity contribution in [2.24, 2.45) is 0 Å². The van der Waals surface area contributed by atoms with Crippen LogP contribution in [0, 0.1) is 5.82 Å². The summed E-state index contributed by atoms with van der Waals surface area (Å²) >= 11 is 9.06. The lowest BCUT2D eigenvalue weighted by Gasteiger charge is -2.37. The summed E-state index contributed by atoms with van der Waals surface area (Å²) < 4.78 is 39.8. The van der Waals surface area contributed by atoms with E-state index < -0.39 is 18.1 Å². The fourth-order valence-corrected chi connectivity index (χ4v) is 2.84. The van der Waals surface area contributed by atoms with Crippen LogP contribution in [0.15, 0.2) is 40.9 Å². The van der Waals surface area contributed by atoms with E-state index >= 15 is 0 Å². The zero-order chi connectivity index (χ0) is 15.0. The second-order valence-corrected chi connectivity index (χ2v) is 6.00. The highest BCUT2D eigenvalue weighted by Crippen LogP contribution is 2.44. The van der Waals surface area contributed by atoms with Crippen molar-refractivity contribution < 1.29 is 18.3 Å². The van der Waals surface area contributed by atoms with Crippen LogP contribution in [0.2, 0.25) is 5.02 Å². The quantitative estimate of drug-likeness (QED) is 0.745. The molecule has 2 nitrogen and oxygen atoms in total. The molecule has 2 aromatic rings. The molecule has 0 fully saturated rings. The Morgan fingerprint density at radius 3 is 2.81 bits per heavy atom. The Morgan fingerprint density at radius 2 is 2.10 bits per heavy atom. The van der Waals surface area contributed by atoms with Crippen molar-refractivity contribution in [1.82, 2.24) is 0 Å². The van der Waals surface area contributed by atoms with Crippen LogP contribution in [0.5, 0.6) is 11.5 Å². The van der Waals surface area contributed by atoms with Crippen LogP contribution in [-0.2, 0) is 5.60 Å². The third-order valence-corrected chi connectivity index (χ3v) is 4.19. The largest absolute Gasteiger partial charge is 0.485 e. The van der Waals surface area contributed by atoms with Crippen molar-refractivity contribution in [3.63, 3.8) is 0 Å². The van der Waals surface area contributed by atoms with E-state index in [0.717, 1.165) is 6.07 Å². The van der Waals surface area contributed by atoms with Gasteiger partial charge in [-0.2, -0.15) is 0 Å². The Balaban J connectivity index is 2.09. The van der Waals surface area contributed by atoms with Crippen molar-refractivity contribution in [2.75, 3.05) is 13.3 Å². The van der Waals surface area contributed by atoms with Gasteiger partial charge in [0.05, 0.1) is 4.47 Å². The predicted molar refractivity (Wildman–Crippen MR) is 79.3 cm³/mol. The van der Waals surface area contributed by atoms with Gasteiger partial charge in [0.15, 0.2) is 17.1 Å². The summed E-state index contributed by atoms with van der Waals surface area (Å²) in [5, 5.41) is 0.239. The summed E-state index contributed by atoms with van der Waals surface area (Å²) in [6, 6.07) is 9.28. The molecule has 1 atom stereocenters. The van der Waals surface area contributed by atoms with E-state index in [9.17, 15) is 8.78 Å². The van der Waals surface area contributed by atoms with Crippen LogP contribution in [0.25, 0.3) is 0 Å². The maximum atomic E-state index is 14.1. The lowest BCUT2D eigenvalue weighted by atomic mass is 9.94. The van der Waals surface area contributed by atoms with Crippen LogP contribution >= 0.6 is 27.5 Å². The summed E-state index contributed by atoms with van der Waals surface area (Å²) in [6.07, 6.45) is 0. The first kappa shape index (κ1) is 14.6. The smallest absolute Gasteiger partial charge is 0.199 e.